The summed E-state index contributed by atoms with van der Waals surface area (Å²) >= 11 is 0. The molecule has 0 unspecified atom stereocenters. The minimum Gasteiger partial charge on any atom is -0.360 e. The first kappa shape index (κ1) is 13.0. The van der Waals surface area contributed by atoms with Crippen LogP contribution in [0.15, 0.2) is 18.3 Å². The van der Waals surface area contributed by atoms with Crippen molar-refractivity contribution >= 4 is 5.82 Å². The Morgan fingerprint density at radius 2 is 2.19 bits per heavy atom. The van der Waals surface area contributed by atoms with E-state index in [1.54, 1.807) is 0 Å². The number of aromatic nitrogens is 1. The van der Waals surface area contributed by atoms with Gasteiger partial charge in [-0.3, -0.25) is 0 Å². The van der Waals surface area contributed by atoms with E-state index < -0.39 is 0 Å². The number of rotatable bonds is 6. The van der Waals surface area contributed by atoms with Crippen molar-refractivity contribution in [1.29, 1.82) is 0 Å². The summed E-state index contributed by atoms with van der Waals surface area (Å²) < 4.78 is 0. The number of unbranched alkanes of at least 4 members (excludes halogenated alkanes) is 2. The van der Waals surface area contributed by atoms with Crippen molar-refractivity contribution in [3.8, 4) is 0 Å². The molecule has 90 valence electrons. The number of anilines is 1. The standard InChI is InChI=1S/C13H23N3/c1-4-5-6-9-16(3)13-10-12(11(2)14)7-8-15-13/h7-8,10-11H,4-6,9,14H2,1-3H3/t11-/m1/s1. The molecule has 0 aromatic carbocycles. The van der Waals surface area contributed by atoms with Crippen molar-refractivity contribution in [2.24, 2.45) is 5.73 Å². The molecule has 3 nitrogen and oxygen atoms in total. The lowest BCUT2D eigenvalue weighted by Crippen LogP contribution is -2.20. The van der Waals surface area contributed by atoms with Crippen LogP contribution in [-0.2, 0) is 0 Å². The zero-order chi connectivity index (χ0) is 12.0. The summed E-state index contributed by atoms with van der Waals surface area (Å²) in [6, 6.07) is 4.13. The average Bonchev–Trinajstić information content (AvgIpc) is 2.29. The maximum absolute atomic E-state index is 5.86. The fraction of sp³-hybridized carbons (Fsp3) is 0.615. The van der Waals surface area contributed by atoms with Gasteiger partial charge in [0.25, 0.3) is 0 Å². The zero-order valence-electron chi connectivity index (χ0n) is 10.6. The highest BCUT2D eigenvalue weighted by Crippen LogP contribution is 2.16. The predicted octanol–water partition coefficient (Wildman–Crippen LogP) is 2.73. The first-order valence-corrected chi connectivity index (χ1v) is 6.07. The van der Waals surface area contributed by atoms with Crippen LogP contribution in [-0.4, -0.2) is 18.6 Å². The molecule has 1 heterocycles. The average molecular weight is 221 g/mol. The smallest absolute Gasteiger partial charge is 0.128 e. The molecule has 0 aliphatic carbocycles. The Morgan fingerprint density at radius 1 is 1.44 bits per heavy atom. The van der Waals surface area contributed by atoms with E-state index in [2.05, 4.69) is 29.9 Å². The van der Waals surface area contributed by atoms with Crippen LogP contribution in [0.25, 0.3) is 0 Å². The first-order valence-electron chi connectivity index (χ1n) is 6.07. The van der Waals surface area contributed by atoms with Gasteiger partial charge in [0.1, 0.15) is 5.82 Å². The van der Waals surface area contributed by atoms with Crippen LogP contribution >= 0.6 is 0 Å². The van der Waals surface area contributed by atoms with E-state index >= 15 is 0 Å². The third-order valence-electron chi connectivity index (χ3n) is 2.78. The summed E-state index contributed by atoms with van der Waals surface area (Å²) in [4.78, 5) is 6.57. The maximum Gasteiger partial charge on any atom is 0.128 e. The Morgan fingerprint density at radius 3 is 2.81 bits per heavy atom. The lowest BCUT2D eigenvalue weighted by molar-refractivity contribution is 0.700. The van der Waals surface area contributed by atoms with Crippen molar-refractivity contribution in [3.63, 3.8) is 0 Å². The van der Waals surface area contributed by atoms with Crippen LogP contribution < -0.4 is 10.6 Å². The fourth-order valence-electron chi connectivity index (χ4n) is 1.64. The molecule has 0 saturated heterocycles. The molecule has 0 amide bonds. The SMILES string of the molecule is CCCCCN(C)c1cc([C@@H](C)N)ccn1. The van der Waals surface area contributed by atoms with Gasteiger partial charge in [-0.05, 0) is 31.0 Å². The lowest BCUT2D eigenvalue weighted by Gasteiger charge is -2.19. The third-order valence-corrected chi connectivity index (χ3v) is 2.78. The summed E-state index contributed by atoms with van der Waals surface area (Å²) in [5, 5.41) is 0. The second-order valence-corrected chi connectivity index (χ2v) is 4.36. The van der Waals surface area contributed by atoms with E-state index in [1.165, 1.54) is 19.3 Å². The molecular formula is C13H23N3. The van der Waals surface area contributed by atoms with Crippen LogP contribution in [0.3, 0.4) is 0 Å². The molecule has 1 rings (SSSR count). The Hall–Kier alpha value is -1.09. The van der Waals surface area contributed by atoms with E-state index in [9.17, 15) is 0 Å². The molecule has 0 aliphatic rings. The topological polar surface area (TPSA) is 42.1 Å². The summed E-state index contributed by atoms with van der Waals surface area (Å²) in [5.41, 5.74) is 7.00. The Kier molecular flexibility index (Phi) is 5.26. The number of pyridine rings is 1. The summed E-state index contributed by atoms with van der Waals surface area (Å²) in [6.07, 6.45) is 5.58. The summed E-state index contributed by atoms with van der Waals surface area (Å²) in [6.45, 7) is 5.27. The largest absolute Gasteiger partial charge is 0.360 e. The fourth-order valence-corrected chi connectivity index (χ4v) is 1.64. The molecule has 0 fully saturated rings. The van der Waals surface area contributed by atoms with Crippen LogP contribution in [0.5, 0.6) is 0 Å². The lowest BCUT2D eigenvalue weighted by atomic mass is 10.1. The highest BCUT2D eigenvalue weighted by atomic mass is 15.2. The predicted molar refractivity (Wildman–Crippen MR) is 69.6 cm³/mol. The van der Waals surface area contributed by atoms with Crippen LogP contribution in [0.1, 0.15) is 44.7 Å². The van der Waals surface area contributed by atoms with Crippen LogP contribution in [0.4, 0.5) is 5.82 Å². The van der Waals surface area contributed by atoms with E-state index in [1.807, 2.05) is 19.2 Å². The van der Waals surface area contributed by atoms with Gasteiger partial charge in [-0.2, -0.15) is 0 Å². The quantitative estimate of drug-likeness (QED) is 0.751. The number of nitrogens with zero attached hydrogens (tertiary/aromatic N) is 2. The number of hydrogen-bond donors (Lipinski definition) is 1. The Bertz CT molecular complexity index is 310. The molecule has 3 heteroatoms. The molecule has 2 N–H and O–H groups in total. The monoisotopic (exact) mass is 221 g/mol. The van der Waals surface area contributed by atoms with E-state index in [0.717, 1.165) is 17.9 Å². The van der Waals surface area contributed by atoms with Crippen molar-refractivity contribution in [2.75, 3.05) is 18.5 Å². The third kappa shape index (κ3) is 3.81. The Balaban J connectivity index is 2.60. The number of nitrogens with two attached hydrogens (primary N) is 1. The maximum atomic E-state index is 5.86. The summed E-state index contributed by atoms with van der Waals surface area (Å²) in [7, 11) is 2.09. The van der Waals surface area contributed by atoms with Gasteiger partial charge in [-0.1, -0.05) is 19.8 Å². The summed E-state index contributed by atoms with van der Waals surface area (Å²) in [5.74, 6) is 1.02. The van der Waals surface area contributed by atoms with E-state index in [4.69, 9.17) is 5.73 Å². The molecular weight excluding hydrogens is 198 g/mol. The van der Waals surface area contributed by atoms with Gasteiger partial charge in [0.2, 0.25) is 0 Å². The van der Waals surface area contributed by atoms with Crippen molar-refractivity contribution in [1.82, 2.24) is 4.98 Å². The second-order valence-electron chi connectivity index (χ2n) is 4.36. The second kappa shape index (κ2) is 6.48. The van der Waals surface area contributed by atoms with E-state index in [0.29, 0.717) is 0 Å². The number of hydrogen-bond acceptors (Lipinski definition) is 3. The molecule has 0 spiro atoms. The van der Waals surface area contributed by atoms with Gasteiger partial charge >= 0.3 is 0 Å². The van der Waals surface area contributed by atoms with Gasteiger partial charge < -0.3 is 10.6 Å². The molecule has 0 aliphatic heterocycles. The van der Waals surface area contributed by atoms with Gasteiger partial charge in [-0.25, -0.2) is 4.98 Å². The van der Waals surface area contributed by atoms with Crippen molar-refractivity contribution in [2.45, 2.75) is 39.2 Å². The van der Waals surface area contributed by atoms with E-state index in [-0.39, 0.29) is 6.04 Å². The van der Waals surface area contributed by atoms with Gasteiger partial charge in [0.15, 0.2) is 0 Å². The van der Waals surface area contributed by atoms with Crippen molar-refractivity contribution in [3.05, 3.63) is 23.9 Å². The Labute approximate surface area is 98.7 Å². The molecule has 0 saturated carbocycles. The molecule has 1 aromatic rings. The van der Waals surface area contributed by atoms with Crippen LogP contribution in [0, 0.1) is 0 Å². The molecule has 1 atom stereocenters. The molecule has 0 radical (unpaired) electrons. The minimum atomic E-state index is 0.0748. The molecule has 0 bridgehead atoms. The first-order chi connectivity index (χ1) is 7.65. The molecule has 1 aromatic heterocycles. The normalized spacial score (nSPS) is 12.5. The van der Waals surface area contributed by atoms with Gasteiger partial charge in [-0.15, -0.1) is 0 Å². The van der Waals surface area contributed by atoms with Gasteiger partial charge in [0, 0.05) is 25.8 Å². The highest BCUT2D eigenvalue weighted by molar-refractivity contribution is 5.40. The highest BCUT2D eigenvalue weighted by Gasteiger charge is 2.05. The van der Waals surface area contributed by atoms with Gasteiger partial charge in [0.05, 0.1) is 0 Å². The van der Waals surface area contributed by atoms with Crippen LogP contribution in [0.2, 0.25) is 0 Å². The minimum absolute atomic E-state index is 0.0748. The van der Waals surface area contributed by atoms with Crippen molar-refractivity contribution < 1.29 is 0 Å². The molecule has 16 heavy (non-hydrogen) atoms. The zero-order valence-corrected chi connectivity index (χ0v) is 10.6.